The minimum atomic E-state index is -0.227. The van der Waals surface area contributed by atoms with Crippen molar-refractivity contribution in [2.75, 3.05) is 5.73 Å². The second-order valence-electron chi connectivity index (χ2n) is 3.39. The van der Waals surface area contributed by atoms with Gasteiger partial charge in [-0.05, 0) is 11.6 Å². The lowest BCUT2D eigenvalue weighted by Gasteiger charge is -2.04. The van der Waals surface area contributed by atoms with Crippen molar-refractivity contribution < 1.29 is 0 Å². The number of hydrogen-bond acceptors (Lipinski definition) is 3. The maximum absolute atomic E-state index is 11.2. The van der Waals surface area contributed by atoms with Crippen LogP contribution in [0.25, 0.3) is 0 Å². The van der Waals surface area contributed by atoms with Crippen LogP contribution in [0.5, 0.6) is 0 Å². The molecule has 3 N–H and O–H groups in total. The van der Waals surface area contributed by atoms with Crippen LogP contribution in [0.3, 0.4) is 0 Å². The predicted octanol–water partition coefficient (Wildman–Crippen LogP) is 1.71. The summed E-state index contributed by atoms with van der Waals surface area (Å²) in [5, 5.41) is 0. The van der Waals surface area contributed by atoms with Crippen LogP contribution < -0.4 is 11.3 Å². The van der Waals surface area contributed by atoms with Crippen LogP contribution >= 0.6 is 15.9 Å². The van der Waals surface area contributed by atoms with E-state index < -0.39 is 0 Å². The molecule has 0 spiro atoms. The summed E-state index contributed by atoms with van der Waals surface area (Å²) < 4.78 is 0.986. The fourth-order valence-electron chi connectivity index (χ4n) is 1.43. The fraction of sp³-hybridized carbons (Fsp3) is 0.0909. The van der Waals surface area contributed by atoms with E-state index in [9.17, 15) is 4.79 Å². The molecule has 0 fully saturated rings. The van der Waals surface area contributed by atoms with Gasteiger partial charge in [-0.2, -0.15) is 0 Å². The Bertz CT molecular complexity index is 565. The molecule has 0 bridgehead atoms. The Morgan fingerprint density at radius 2 is 2.12 bits per heavy atom. The van der Waals surface area contributed by atoms with E-state index in [1.807, 2.05) is 24.3 Å². The van der Waals surface area contributed by atoms with Crippen LogP contribution in [-0.4, -0.2) is 9.97 Å². The Morgan fingerprint density at radius 1 is 1.38 bits per heavy atom. The molecule has 2 aromatic rings. The maximum Gasteiger partial charge on any atom is 0.252 e. The van der Waals surface area contributed by atoms with E-state index in [1.54, 1.807) is 0 Å². The van der Waals surface area contributed by atoms with Gasteiger partial charge in [-0.15, -0.1) is 0 Å². The standard InChI is InChI=1S/C11H10BrN3O/c12-8-4-2-1-3-7(8)5-10-14-9(13)6-11(16)15-10/h1-4,6H,5H2,(H3,13,14,15,16). The number of nitrogen functional groups attached to an aromatic ring is 1. The number of aromatic nitrogens is 2. The number of hydrogen-bond donors (Lipinski definition) is 2. The van der Waals surface area contributed by atoms with E-state index in [0.29, 0.717) is 12.2 Å². The summed E-state index contributed by atoms with van der Waals surface area (Å²) in [6, 6.07) is 9.05. The van der Waals surface area contributed by atoms with Crippen molar-refractivity contribution in [3.63, 3.8) is 0 Å². The lowest BCUT2D eigenvalue weighted by Crippen LogP contribution is -2.12. The van der Waals surface area contributed by atoms with Crippen LogP contribution in [0.1, 0.15) is 11.4 Å². The molecule has 0 atom stereocenters. The third kappa shape index (κ3) is 2.49. The van der Waals surface area contributed by atoms with Gasteiger partial charge in [0.05, 0.1) is 0 Å². The Morgan fingerprint density at radius 3 is 2.81 bits per heavy atom. The van der Waals surface area contributed by atoms with Crippen LogP contribution in [0.15, 0.2) is 39.6 Å². The van der Waals surface area contributed by atoms with E-state index in [1.165, 1.54) is 6.07 Å². The summed E-state index contributed by atoms with van der Waals surface area (Å²) in [6.45, 7) is 0. The Balaban J connectivity index is 2.34. The molecule has 0 radical (unpaired) electrons. The van der Waals surface area contributed by atoms with Gasteiger partial charge in [0.1, 0.15) is 11.6 Å². The fourth-order valence-corrected chi connectivity index (χ4v) is 1.86. The maximum atomic E-state index is 11.2. The first kappa shape index (κ1) is 10.9. The third-order valence-corrected chi connectivity index (χ3v) is 2.90. The molecular weight excluding hydrogens is 270 g/mol. The first-order valence-electron chi connectivity index (χ1n) is 4.74. The number of H-pyrrole nitrogens is 1. The molecule has 0 saturated carbocycles. The molecule has 4 nitrogen and oxygen atoms in total. The van der Waals surface area contributed by atoms with Crippen molar-refractivity contribution in [2.45, 2.75) is 6.42 Å². The summed E-state index contributed by atoms with van der Waals surface area (Å²) >= 11 is 3.44. The van der Waals surface area contributed by atoms with Gasteiger partial charge in [0, 0.05) is 17.0 Å². The zero-order chi connectivity index (χ0) is 11.5. The van der Waals surface area contributed by atoms with Crippen LogP contribution in [0.4, 0.5) is 5.82 Å². The molecule has 5 heteroatoms. The molecule has 0 aliphatic rings. The van der Waals surface area contributed by atoms with Crippen molar-refractivity contribution in [3.05, 3.63) is 56.5 Å². The first-order chi connectivity index (χ1) is 7.65. The lowest BCUT2D eigenvalue weighted by atomic mass is 10.1. The van der Waals surface area contributed by atoms with E-state index >= 15 is 0 Å². The highest BCUT2D eigenvalue weighted by atomic mass is 79.9. The highest BCUT2D eigenvalue weighted by Gasteiger charge is 2.03. The lowest BCUT2D eigenvalue weighted by molar-refractivity contribution is 0.949. The summed E-state index contributed by atoms with van der Waals surface area (Å²) in [6.07, 6.45) is 0.543. The Kier molecular flexibility index (Phi) is 3.05. The smallest absolute Gasteiger partial charge is 0.252 e. The van der Waals surface area contributed by atoms with Gasteiger partial charge < -0.3 is 10.7 Å². The third-order valence-electron chi connectivity index (χ3n) is 2.13. The highest BCUT2D eigenvalue weighted by Crippen LogP contribution is 2.17. The molecule has 2 rings (SSSR count). The van der Waals surface area contributed by atoms with E-state index in [-0.39, 0.29) is 11.4 Å². The quantitative estimate of drug-likeness (QED) is 0.879. The van der Waals surface area contributed by atoms with Crippen molar-refractivity contribution in [3.8, 4) is 0 Å². The van der Waals surface area contributed by atoms with Crippen molar-refractivity contribution in [1.29, 1.82) is 0 Å². The normalized spacial score (nSPS) is 10.3. The molecule has 0 saturated heterocycles. The number of benzene rings is 1. The summed E-state index contributed by atoms with van der Waals surface area (Å²) in [5.74, 6) is 0.808. The minimum Gasteiger partial charge on any atom is -0.383 e. The molecule has 1 aromatic carbocycles. The van der Waals surface area contributed by atoms with Crippen molar-refractivity contribution in [2.24, 2.45) is 0 Å². The minimum absolute atomic E-state index is 0.227. The number of nitrogens with one attached hydrogen (secondary N) is 1. The topological polar surface area (TPSA) is 71.8 Å². The van der Waals surface area contributed by atoms with Crippen LogP contribution in [-0.2, 0) is 6.42 Å². The number of halogens is 1. The zero-order valence-electron chi connectivity index (χ0n) is 8.40. The van der Waals surface area contributed by atoms with Gasteiger partial charge in [-0.1, -0.05) is 34.1 Å². The predicted molar refractivity (Wildman–Crippen MR) is 66.2 cm³/mol. The van der Waals surface area contributed by atoms with Crippen LogP contribution in [0, 0.1) is 0 Å². The molecule has 0 aliphatic heterocycles. The summed E-state index contributed by atoms with van der Waals surface area (Å²) in [4.78, 5) is 17.9. The number of aromatic amines is 1. The summed E-state index contributed by atoms with van der Waals surface area (Å²) in [7, 11) is 0. The van der Waals surface area contributed by atoms with Gasteiger partial charge in [0.2, 0.25) is 0 Å². The van der Waals surface area contributed by atoms with Gasteiger partial charge in [-0.3, -0.25) is 4.79 Å². The second-order valence-corrected chi connectivity index (χ2v) is 4.24. The average Bonchev–Trinajstić information content (AvgIpc) is 2.20. The molecule has 1 heterocycles. The second kappa shape index (κ2) is 4.49. The number of nitrogens with two attached hydrogens (primary N) is 1. The molecule has 0 unspecified atom stereocenters. The Labute approximate surface area is 101 Å². The molecule has 0 aliphatic carbocycles. The van der Waals surface area contributed by atoms with Gasteiger partial charge in [-0.25, -0.2) is 4.98 Å². The molecule has 16 heavy (non-hydrogen) atoms. The van der Waals surface area contributed by atoms with E-state index in [0.717, 1.165) is 10.0 Å². The SMILES string of the molecule is Nc1cc(=O)[nH]c(Cc2ccccc2Br)n1. The van der Waals surface area contributed by atoms with Crippen LogP contribution in [0.2, 0.25) is 0 Å². The molecular formula is C11H10BrN3O. The first-order valence-corrected chi connectivity index (χ1v) is 5.53. The number of anilines is 1. The zero-order valence-corrected chi connectivity index (χ0v) is 9.99. The Hall–Kier alpha value is -1.62. The molecule has 82 valence electrons. The molecule has 1 aromatic heterocycles. The number of nitrogens with zero attached hydrogens (tertiary/aromatic N) is 1. The van der Waals surface area contributed by atoms with Crippen molar-refractivity contribution in [1.82, 2.24) is 9.97 Å². The van der Waals surface area contributed by atoms with Gasteiger partial charge in [0.15, 0.2) is 0 Å². The summed E-state index contributed by atoms with van der Waals surface area (Å²) in [5.41, 5.74) is 6.33. The average molecular weight is 280 g/mol. The van der Waals surface area contributed by atoms with Gasteiger partial charge >= 0.3 is 0 Å². The highest BCUT2D eigenvalue weighted by molar-refractivity contribution is 9.10. The van der Waals surface area contributed by atoms with Crippen molar-refractivity contribution >= 4 is 21.7 Å². The largest absolute Gasteiger partial charge is 0.383 e. The number of rotatable bonds is 2. The van der Waals surface area contributed by atoms with Gasteiger partial charge in [0.25, 0.3) is 5.56 Å². The van der Waals surface area contributed by atoms with E-state index in [2.05, 4.69) is 25.9 Å². The monoisotopic (exact) mass is 279 g/mol. The molecule has 0 amide bonds. The van der Waals surface area contributed by atoms with E-state index in [4.69, 9.17) is 5.73 Å².